The molecule has 18 heavy (non-hydrogen) atoms. The topological polar surface area (TPSA) is 55.1 Å². The van der Waals surface area contributed by atoms with Gasteiger partial charge in [0.1, 0.15) is 11.5 Å². The highest BCUT2D eigenvalue weighted by molar-refractivity contribution is 5.93. The molecule has 0 saturated carbocycles. The fourth-order valence-electron chi connectivity index (χ4n) is 1.67. The Labute approximate surface area is 105 Å². The molecule has 0 heterocycles. The highest BCUT2D eigenvalue weighted by atomic mass is 19.1. The third kappa shape index (κ3) is 3.04. The van der Waals surface area contributed by atoms with Gasteiger partial charge in [-0.1, -0.05) is 19.9 Å². The second-order valence-electron chi connectivity index (χ2n) is 4.63. The number of carbonyl (C=O) groups is 1. The zero-order valence-electron chi connectivity index (χ0n) is 10.8. The molecule has 0 aliphatic carbocycles. The van der Waals surface area contributed by atoms with E-state index in [4.69, 9.17) is 5.73 Å². The maximum Gasteiger partial charge on any atom is 0.229 e. The van der Waals surface area contributed by atoms with E-state index in [1.165, 1.54) is 13.0 Å². The summed E-state index contributed by atoms with van der Waals surface area (Å²) in [6, 6.07) is 2.45. The summed E-state index contributed by atoms with van der Waals surface area (Å²) in [4.78, 5) is 11.9. The van der Waals surface area contributed by atoms with E-state index < -0.39 is 29.1 Å². The largest absolute Gasteiger partial charge is 0.330 e. The Morgan fingerprint density at radius 3 is 2.50 bits per heavy atom. The summed E-state index contributed by atoms with van der Waals surface area (Å²) in [6.45, 7) is 5.31. The molecule has 3 nitrogen and oxygen atoms in total. The van der Waals surface area contributed by atoms with E-state index in [2.05, 4.69) is 5.32 Å². The molecule has 1 aromatic carbocycles. The Morgan fingerprint density at radius 1 is 1.39 bits per heavy atom. The molecule has 1 amide bonds. The molecule has 0 aliphatic heterocycles. The first-order chi connectivity index (χ1) is 8.38. The number of anilines is 1. The van der Waals surface area contributed by atoms with Gasteiger partial charge in [0.15, 0.2) is 5.82 Å². The monoisotopic (exact) mass is 256 g/mol. The zero-order chi connectivity index (χ0) is 13.9. The van der Waals surface area contributed by atoms with E-state index in [9.17, 15) is 13.6 Å². The number of aryl methyl sites for hydroxylation is 1. The third-order valence-electron chi connectivity index (χ3n) is 2.93. The number of benzene rings is 1. The van der Waals surface area contributed by atoms with Crippen LogP contribution in [0.1, 0.15) is 19.4 Å². The molecule has 0 saturated heterocycles. The fraction of sp³-hybridized carbons (Fsp3) is 0.462. The van der Waals surface area contributed by atoms with Gasteiger partial charge in [-0.2, -0.15) is 0 Å². The molecular weight excluding hydrogens is 238 g/mol. The molecule has 1 aromatic rings. The summed E-state index contributed by atoms with van der Waals surface area (Å²) in [6.07, 6.45) is 0. The van der Waals surface area contributed by atoms with Crippen molar-refractivity contribution in [2.24, 2.45) is 17.6 Å². The molecule has 0 aliphatic rings. The maximum atomic E-state index is 13.7. The van der Waals surface area contributed by atoms with E-state index in [1.807, 2.05) is 13.8 Å². The van der Waals surface area contributed by atoms with Gasteiger partial charge in [-0.3, -0.25) is 4.79 Å². The predicted molar refractivity (Wildman–Crippen MR) is 67.1 cm³/mol. The summed E-state index contributed by atoms with van der Waals surface area (Å²) < 4.78 is 27.2. The van der Waals surface area contributed by atoms with Crippen LogP contribution in [0.4, 0.5) is 14.5 Å². The van der Waals surface area contributed by atoms with E-state index >= 15 is 0 Å². The minimum Gasteiger partial charge on any atom is -0.330 e. The van der Waals surface area contributed by atoms with E-state index in [1.54, 1.807) is 0 Å². The summed E-state index contributed by atoms with van der Waals surface area (Å²) in [5.41, 5.74) is 5.36. The lowest BCUT2D eigenvalue weighted by Crippen LogP contribution is -2.33. The second-order valence-corrected chi connectivity index (χ2v) is 4.63. The average molecular weight is 256 g/mol. The van der Waals surface area contributed by atoms with Crippen molar-refractivity contribution in [2.45, 2.75) is 20.8 Å². The number of nitrogens with one attached hydrogen (secondary N) is 1. The molecular formula is C13H18F2N2O. The normalized spacial score (nSPS) is 12.6. The second kappa shape index (κ2) is 5.91. The first-order valence-corrected chi connectivity index (χ1v) is 5.84. The lowest BCUT2D eigenvalue weighted by molar-refractivity contribution is -0.120. The summed E-state index contributed by atoms with van der Waals surface area (Å²) in [5, 5.41) is 2.28. The van der Waals surface area contributed by atoms with Gasteiger partial charge in [0.05, 0.1) is 5.92 Å². The van der Waals surface area contributed by atoms with Crippen LogP contribution >= 0.6 is 0 Å². The van der Waals surface area contributed by atoms with Crippen LogP contribution in [0.5, 0.6) is 0 Å². The number of nitrogens with two attached hydrogens (primary N) is 1. The van der Waals surface area contributed by atoms with Crippen molar-refractivity contribution in [2.75, 3.05) is 11.9 Å². The highest BCUT2D eigenvalue weighted by Crippen LogP contribution is 2.23. The van der Waals surface area contributed by atoms with Crippen LogP contribution in [0.3, 0.4) is 0 Å². The Hall–Kier alpha value is -1.49. The van der Waals surface area contributed by atoms with Gasteiger partial charge in [0, 0.05) is 6.54 Å². The number of carbonyl (C=O) groups excluding carboxylic acids is 1. The lowest BCUT2D eigenvalue weighted by atomic mass is 9.95. The fourth-order valence-corrected chi connectivity index (χ4v) is 1.67. The quantitative estimate of drug-likeness (QED) is 0.869. The van der Waals surface area contributed by atoms with Gasteiger partial charge in [0.2, 0.25) is 5.91 Å². The standard InChI is InChI=1S/C13H18F2N2O/c1-7(2)9(6-16)13(18)17-12-10(14)5-4-8(3)11(12)15/h4-5,7,9H,6,16H2,1-3H3,(H,17,18). The number of hydrogen-bond donors (Lipinski definition) is 2. The van der Waals surface area contributed by atoms with Gasteiger partial charge in [-0.05, 0) is 24.5 Å². The summed E-state index contributed by atoms with van der Waals surface area (Å²) in [5.74, 6) is -2.46. The molecule has 1 rings (SSSR count). The molecule has 3 N–H and O–H groups in total. The van der Waals surface area contributed by atoms with Gasteiger partial charge >= 0.3 is 0 Å². The van der Waals surface area contributed by atoms with Gasteiger partial charge < -0.3 is 11.1 Å². The number of rotatable bonds is 4. The van der Waals surface area contributed by atoms with Crippen molar-refractivity contribution in [3.05, 3.63) is 29.3 Å². The lowest BCUT2D eigenvalue weighted by Gasteiger charge is -2.19. The Morgan fingerprint density at radius 2 is 2.00 bits per heavy atom. The average Bonchev–Trinajstić information content (AvgIpc) is 2.30. The van der Waals surface area contributed by atoms with E-state index in [-0.39, 0.29) is 18.0 Å². The molecule has 5 heteroatoms. The summed E-state index contributed by atoms with van der Waals surface area (Å²) in [7, 11) is 0. The Kier molecular flexibility index (Phi) is 4.78. The van der Waals surface area contributed by atoms with Crippen molar-refractivity contribution >= 4 is 11.6 Å². The Balaban J connectivity index is 2.98. The van der Waals surface area contributed by atoms with Crippen LogP contribution < -0.4 is 11.1 Å². The molecule has 0 bridgehead atoms. The maximum absolute atomic E-state index is 13.7. The van der Waals surface area contributed by atoms with Crippen LogP contribution in [0.25, 0.3) is 0 Å². The molecule has 0 spiro atoms. The van der Waals surface area contributed by atoms with Crippen molar-refractivity contribution < 1.29 is 13.6 Å². The molecule has 0 aromatic heterocycles. The first-order valence-electron chi connectivity index (χ1n) is 5.84. The van der Waals surface area contributed by atoms with Crippen molar-refractivity contribution in [3.8, 4) is 0 Å². The number of halogens is 2. The molecule has 100 valence electrons. The van der Waals surface area contributed by atoms with E-state index in [0.29, 0.717) is 0 Å². The first kappa shape index (κ1) is 14.6. The molecule has 0 radical (unpaired) electrons. The van der Waals surface area contributed by atoms with Crippen molar-refractivity contribution in [1.82, 2.24) is 0 Å². The molecule has 0 fully saturated rings. The minimum atomic E-state index is -0.786. The third-order valence-corrected chi connectivity index (χ3v) is 2.93. The van der Waals surface area contributed by atoms with Crippen molar-refractivity contribution in [3.63, 3.8) is 0 Å². The number of hydrogen-bond acceptors (Lipinski definition) is 2. The van der Waals surface area contributed by atoms with Crippen LogP contribution in [0.15, 0.2) is 12.1 Å². The molecule has 1 unspecified atom stereocenters. The molecule has 1 atom stereocenters. The smallest absolute Gasteiger partial charge is 0.229 e. The van der Waals surface area contributed by atoms with Gasteiger partial charge in [-0.25, -0.2) is 8.78 Å². The minimum absolute atomic E-state index is 0.00549. The predicted octanol–water partition coefficient (Wildman–Crippen LogP) is 2.44. The summed E-state index contributed by atoms with van der Waals surface area (Å²) >= 11 is 0. The van der Waals surface area contributed by atoms with Crippen LogP contribution in [-0.4, -0.2) is 12.5 Å². The number of amides is 1. The highest BCUT2D eigenvalue weighted by Gasteiger charge is 2.23. The zero-order valence-corrected chi connectivity index (χ0v) is 10.8. The van der Waals surface area contributed by atoms with Gasteiger partial charge in [0.25, 0.3) is 0 Å². The Bertz CT molecular complexity index is 447. The van der Waals surface area contributed by atoms with Crippen LogP contribution in [0.2, 0.25) is 0 Å². The van der Waals surface area contributed by atoms with Gasteiger partial charge in [-0.15, -0.1) is 0 Å². The van der Waals surface area contributed by atoms with Crippen LogP contribution in [0, 0.1) is 30.4 Å². The van der Waals surface area contributed by atoms with Crippen LogP contribution in [-0.2, 0) is 4.79 Å². The van der Waals surface area contributed by atoms with E-state index in [0.717, 1.165) is 6.07 Å². The van der Waals surface area contributed by atoms with Crippen molar-refractivity contribution in [1.29, 1.82) is 0 Å². The SMILES string of the molecule is Cc1ccc(F)c(NC(=O)C(CN)C(C)C)c1F.